The van der Waals surface area contributed by atoms with Crippen LogP contribution in [-0.2, 0) is 9.53 Å². The first-order valence-electron chi connectivity index (χ1n) is 14.9. The Bertz CT molecular complexity index is 1590. The lowest BCUT2D eigenvalue weighted by atomic mass is 10.1. The van der Waals surface area contributed by atoms with Crippen molar-refractivity contribution < 1.29 is 14.3 Å². The van der Waals surface area contributed by atoms with Crippen molar-refractivity contribution in [1.29, 1.82) is 0 Å². The van der Waals surface area contributed by atoms with Crippen molar-refractivity contribution in [2.75, 3.05) is 25.5 Å². The summed E-state index contributed by atoms with van der Waals surface area (Å²) < 4.78 is 5.52. The highest BCUT2D eigenvalue weighted by Crippen LogP contribution is 2.32. The molecule has 1 aliphatic carbocycles. The predicted molar refractivity (Wildman–Crippen MR) is 166 cm³/mol. The van der Waals surface area contributed by atoms with Crippen LogP contribution in [0.2, 0.25) is 0 Å². The van der Waals surface area contributed by atoms with E-state index >= 15 is 0 Å². The Morgan fingerprint density at radius 2 is 1.81 bits per heavy atom. The molecule has 3 aliphatic rings. The Kier molecular flexibility index (Phi) is 7.53. The molecule has 0 saturated carbocycles. The number of nitrogens with zero attached hydrogens (tertiary/aromatic N) is 3. The van der Waals surface area contributed by atoms with E-state index < -0.39 is 17.7 Å². The standard InChI is InChI=1S/C33H40N6O3/c1-33(2,3)42-32(41)39-17-7-11-30(39)31(40)34-24-14-15-25-23(18-24)19-26(35-25)21-8-5-9-22(13-12-21)27-20-28(37-36-27)29-10-6-16-38(29)4/h8-9,12-15,18-20,29-30,35H,5-7,10-11,16-17H2,1-4H3,(H,34,40)(H,36,37). The molecule has 4 heterocycles. The van der Waals surface area contributed by atoms with Gasteiger partial charge < -0.3 is 15.0 Å². The number of carbonyl (C=O) groups is 2. The van der Waals surface area contributed by atoms with Crippen molar-refractivity contribution in [3.63, 3.8) is 0 Å². The van der Waals surface area contributed by atoms with E-state index in [4.69, 9.17) is 4.74 Å². The Morgan fingerprint density at radius 3 is 2.60 bits per heavy atom. The van der Waals surface area contributed by atoms with E-state index in [1.807, 2.05) is 39.0 Å². The predicted octanol–water partition coefficient (Wildman–Crippen LogP) is 6.42. The summed E-state index contributed by atoms with van der Waals surface area (Å²) in [5.41, 5.74) is 6.47. The lowest BCUT2D eigenvalue weighted by Crippen LogP contribution is -2.45. The Morgan fingerprint density at radius 1 is 1.02 bits per heavy atom. The fourth-order valence-electron chi connectivity index (χ4n) is 6.15. The normalized spacial score (nSPS) is 21.4. The van der Waals surface area contributed by atoms with Crippen LogP contribution in [0.5, 0.6) is 0 Å². The SMILES string of the molecule is CN1CCCC1c1cc(C2=CCC=C(c3cc4cc(NC(=O)C5CCCN5C(=O)OC(C)(C)C)ccc4[nH]3)C=C2)n[nH]1. The largest absolute Gasteiger partial charge is 0.444 e. The zero-order valence-electron chi connectivity index (χ0n) is 24.9. The van der Waals surface area contributed by atoms with Crippen LogP contribution >= 0.6 is 0 Å². The molecule has 2 aliphatic heterocycles. The molecule has 2 saturated heterocycles. The Labute approximate surface area is 246 Å². The maximum absolute atomic E-state index is 13.2. The molecule has 42 heavy (non-hydrogen) atoms. The molecule has 2 atom stereocenters. The number of amides is 2. The van der Waals surface area contributed by atoms with Crippen LogP contribution in [0.15, 0.2) is 54.6 Å². The maximum atomic E-state index is 13.2. The number of hydrogen-bond acceptors (Lipinski definition) is 5. The molecule has 6 rings (SSSR count). The molecular weight excluding hydrogens is 528 g/mol. The zero-order valence-corrected chi connectivity index (χ0v) is 24.9. The first kappa shape index (κ1) is 28.0. The van der Waals surface area contributed by atoms with Crippen LogP contribution in [0.3, 0.4) is 0 Å². The minimum Gasteiger partial charge on any atom is -0.444 e. The molecule has 3 aromatic rings. The molecule has 2 aromatic heterocycles. The highest BCUT2D eigenvalue weighted by molar-refractivity contribution is 5.99. The lowest BCUT2D eigenvalue weighted by molar-refractivity contribution is -0.120. The van der Waals surface area contributed by atoms with Crippen molar-refractivity contribution in [1.82, 2.24) is 25.0 Å². The molecule has 2 unspecified atom stereocenters. The van der Waals surface area contributed by atoms with Crippen molar-refractivity contribution in [3.05, 3.63) is 71.7 Å². The minimum absolute atomic E-state index is 0.192. The summed E-state index contributed by atoms with van der Waals surface area (Å²) in [5, 5.41) is 11.9. The second-order valence-electron chi connectivity index (χ2n) is 12.5. The molecule has 0 bridgehead atoms. The van der Waals surface area contributed by atoms with Gasteiger partial charge >= 0.3 is 6.09 Å². The van der Waals surface area contributed by atoms with Gasteiger partial charge in [0.25, 0.3) is 0 Å². The number of anilines is 1. The molecular formula is C33H40N6O3. The highest BCUT2D eigenvalue weighted by Gasteiger charge is 2.36. The van der Waals surface area contributed by atoms with E-state index in [0.29, 0.717) is 24.7 Å². The quantitative estimate of drug-likeness (QED) is 0.329. The van der Waals surface area contributed by atoms with Crippen LogP contribution in [0, 0.1) is 0 Å². The van der Waals surface area contributed by atoms with Crippen molar-refractivity contribution >= 4 is 39.7 Å². The van der Waals surface area contributed by atoms with Gasteiger partial charge in [0.1, 0.15) is 11.6 Å². The fourth-order valence-corrected chi connectivity index (χ4v) is 6.15. The highest BCUT2D eigenvalue weighted by atomic mass is 16.6. The number of likely N-dealkylation sites (tertiary alicyclic amines) is 2. The molecule has 2 amide bonds. The van der Waals surface area contributed by atoms with Crippen LogP contribution in [-0.4, -0.2) is 68.8 Å². The number of H-pyrrole nitrogens is 2. The zero-order chi connectivity index (χ0) is 29.4. The van der Waals surface area contributed by atoms with Gasteiger partial charge in [0, 0.05) is 28.8 Å². The van der Waals surface area contributed by atoms with Gasteiger partial charge in [-0.3, -0.25) is 19.7 Å². The first-order chi connectivity index (χ1) is 20.1. The van der Waals surface area contributed by atoms with Crippen LogP contribution in [0.1, 0.15) is 76.0 Å². The maximum Gasteiger partial charge on any atom is 0.410 e. The molecule has 220 valence electrons. The number of fused-ring (bicyclic) bond motifs is 1. The molecule has 1 aromatic carbocycles. The van der Waals surface area contributed by atoms with E-state index in [2.05, 4.69) is 68.9 Å². The average molecular weight is 569 g/mol. The van der Waals surface area contributed by atoms with Crippen LogP contribution in [0.4, 0.5) is 10.5 Å². The third-order valence-corrected chi connectivity index (χ3v) is 8.27. The Balaban J connectivity index is 1.13. The monoisotopic (exact) mass is 568 g/mol. The topological polar surface area (TPSA) is 106 Å². The number of nitrogens with one attached hydrogen (secondary N) is 3. The Hall–Kier alpha value is -4.11. The van der Waals surface area contributed by atoms with E-state index in [-0.39, 0.29) is 5.91 Å². The van der Waals surface area contributed by atoms with Gasteiger partial charge in [0.2, 0.25) is 5.91 Å². The van der Waals surface area contributed by atoms with Gasteiger partial charge in [-0.15, -0.1) is 0 Å². The van der Waals surface area contributed by atoms with Crippen LogP contribution in [0.25, 0.3) is 22.0 Å². The lowest BCUT2D eigenvalue weighted by Gasteiger charge is -2.28. The number of aromatic nitrogens is 3. The number of carbonyl (C=O) groups excluding carboxylic acids is 2. The number of allylic oxidation sites excluding steroid dienone is 6. The van der Waals surface area contributed by atoms with E-state index in [0.717, 1.165) is 59.2 Å². The summed E-state index contributed by atoms with van der Waals surface area (Å²) in [6, 6.07) is 10.0. The van der Waals surface area contributed by atoms with Crippen molar-refractivity contribution in [2.45, 2.75) is 70.6 Å². The summed E-state index contributed by atoms with van der Waals surface area (Å²) in [4.78, 5) is 33.3. The molecule has 0 spiro atoms. The molecule has 9 nitrogen and oxygen atoms in total. The van der Waals surface area contributed by atoms with Gasteiger partial charge in [0.05, 0.1) is 17.4 Å². The van der Waals surface area contributed by atoms with Gasteiger partial charge in [-0.05, 0) is 108 Å². The van der Waals surface area contributed by atoms with Crippen molar-refractivity contribution in [3.8, 4) is 0 Å². The fraction of sp³-hybridized carbons (Fsp3) is 0.424. The minimum atomic E-state index is -0.605. The summed E-state index contributed by atoms with van der Waals surface area (Å²) in [6.45, 7) is 7.14. The number of hydrogen-bond donors (Lipinski definition) is 3. The van der Waals surface area contributed by atoms with E-state index in [9.17, 15) is 9.59 Å². The number of rotatable bonds is 5. The average Bonchev–Trinajstić information content (AvgIpc) is 3.73. The molecule has 0 radical (unpaired) electrons. The first-order valence-corrected chi connectivity index (χ1v) is 14.9. The van der Waals surface area contributed by atoms with E-state index in [1.54, 1.807) is 0 Å². The third-order valence-electron chi connectivity index (χ3n) is 8.27. The van der Waals surface area contributed by atoms with Gasteiger partial charge in [-0.1, -0.05) is 24.3 Å². The molecule has 2 fully saturated rings. The number of ether oxygens (including phenoxy) is 1. The summed E-state index contributed by atoms with van der Waals surface area (Å²) >= 11 is 0. The molecule has 3 N–H and O–H groups in total. The second-order valence-corrected chi connectivity index (χ2v) is 12.5. The second kappa shape index (κ2) is 11.3. The number of aromatic amines is 2. The van der Waals surface area contributed by atoms with Crippen molar-refractivity contribution in [2.24, 2.45) is 0 Å². The van der Waals surface area contributed by atoms with Crippen LogP contribution < -0.4 is 5.32 Å². The summed E-state index contributed by atoms with van der Waals surface area (Å²) in [6.07, 6.45) is 12.8. The third kappa shape index (κ3) is 5.92. The van der Waals surface area contributed by atoms with Gasteiger partial charge in [-0.2, -0.15) is 5.10 Å². The summed E-state index contributed by atoms with van der Waals surface area (Å²) in [5.74, 6) is -0.192. The summed E-state index contributed by atoms with van der Waals surface area (Å²) in [7, 11) is 2.17. The number of benzene rings is 1. The smallest absolute Gasteiger partial charge is 0.410 e. The van der Waals surface area contributed by atoms with Gasteiger partial charge in [0.15, 0.2) is 0 Å². The van der Waals surface area contributed by atoms with Gasteiger partial charge in [-0.25, -0.2) is 4.79 Å². The van der Waals surface area contributed by atoms with E-state index in [1.165, 1.54) is 17.0 Å². The molecule has 9 heteroatoms.